The molecular weight excluding hydrogens is 348 g/mol. The number of ketones is 1. The normalized spacial score (nSPS) is 22.1. The van der Waals surface area contributed by atoms with Gasteiger partial charge in [-0.2, -0.15) is 0 Å². The SMILES string of the molecule is CCc1cn([C@H]2C[C@H](O)[C@@H](CCC(=O)Cc3ccccc3)O2)c(=O)[nH]c1=O. The van der Waals surface area contributed by atoms with E-state index in [1.165, 1.54) is 10.8 Å². The van der Waals surface area contributed by atoms with Crippen molar-refractivity contribution in [3.63, 3.8) is 0 Å². The van der Waals surface area contributed by atoms with Crippen molar-refractivity contribution < 1.29 is 14.6 Å². The first-order valence-electron chi connectivity index (χ1n) is 9.21. The van der Waals surface area contributed by atoms with Crippen LogP contribution in [-0.4, -0.2) is 32.6 Å². The van der Waals surface area contributed by atoms with E-state index in [4.69, 9.17) is 4.74 Å². The maximum atomic E-state index is 12.2. The summed E-state index contributed by atoms with van der Waals surface area (Å²) in [6.07, 6.45) is 1.33. The minimum Gasteiger partial charge on any atom is -0.390 e. The molecule has 0 amide bonds. The standard InChI is InChI=1S/C20H24N2O5/c1-2-14-12-22(20(26)21-19(14)25)18-11-16(24)17(27-18)9-8-15(23)10-13-6-4-3-5-7-13/h3-7,12,16-18,24H,2,8-11H2,1H3,(H,21,25,26)/t16-,17+,18+/m0/s1. The lowest BCUT2D eigenvalue weighted by molar-refractivity contribution is -0.119. The smallest absolute Gasteiger partial charge is 0.330 e. The van der Waals surface area contributed by atoms with Gasteiger partial charge in [0, 0.05) is 31.0 Å². The van der Waals surface area contributed by atoms with Crippen LogP contribution < -0.4 is 11.2 Å². The zero-order chi connectivity index (χ0) is 19.4. The third kappa shape index (κ3) is 4.61. The third-order valence-electron chi connectivity index (χ3n) is 4.89. The Hall–Kier alpha value is -2.51. The number of hydrogen-bond donors (Lipinski definition) is 2. The fraction of sp³-hybridized carbons (Fsp3) is 0.450. The molecular formula is C20H24N2O5. The first-order valence-corrected chi connectivity index (χ1v) is 9.21. The van der Waals surface area contributed by atoms with Crippen LogP contribution in [0.25, 0.3) is 0 Å². The number of aliphatic hydroxyl groups is 1. The number of ether oxygens (including phenoxy) is 1. The van der Waals surface area contributed by atoms with Crippen molar-refractivity contribution >= 4 is 5.78 Å². The van der Waals surface area contributed by atoms with Gasteiger partial charge in [0.25, 0.3) is 5.56 Å². The molecule has 27 heavy (non-hydrogen) atoms. The Balaban J connectivity index is 1.61. The van der Waals surface area contributed by atoms with Gasteiger partial charge in [0.05, 0.1) is 12.2 Å². The van der Waals surface area contributed by atoms with Crippen LogP contribution in [-0.2, 0) is 22.4 Å². The van der Waals surface area contributed by atoms with Crippen LogP contribution in [0.4, 0.5) is 0 Å². The van der Waals surface area contributed by atoms with E-state index in [0.717, 1.165) is 5.56 Å². The molecule has 1 aliphatic heterocycles. The van der Waals surface area contributed by atoms with E-state index in [-0.39, 0.29) is 12.2 Å². The van der Waals surface area contributed by atoms with E-state index in [2.05, 4.69) is 4.98 Å². The number of benzene rings is 1. The maximum Gasteiger partial charge on any atom is 0.330 e. The van der Waals surface area contributed by atoms with E-state index in [9.17, 15) is 19.5 Å². The van der Waals surface area contributed by atoms with Crippen LogP contribution in [0.5, 0.6) is 0 Å². The minimum absolute atomic E-state index is 0.0786. The monoisotopic (exact) mass is 372 g/mol. The third-order valence-corrected chi connectivity index (χ3v) is 4.89. The molecule has 2 aromatic rings. The molecule has 3 atom stereocenters. The van der Waals surface area contributed by atoms with Gasteiger partial charge in [-0.1, -0.05) is 37.3 Å². The van der Waals surface area contributed by atoms with E-state index in [1.54, 1.807) is 0 Å². The van der Waals surface area contributed by atoms with Crippen LogP contribution in [0.2, 0.25) is 0 Å². The number of rotatable bonds is 7. The lowest BCUT2D eigenvalue weighted by Gasteiger charge is -2.16. The van der Waals surface area contributed by atoms with Gasteiger partial charge in [0.15, 0.2) is 0 Å². The molecule has 7 nitrogen and oxygen atoms in total. The molecule has 7 heteroatoms. The summed E-state index contributed by atoms with van der Waals surface area (Å²) in [5, 5.41) is 10.3. The first-order chi connectivity index (χ1) is 13.0. The van der Waals surface area contributed by atoms with Crippen molar-refractivity contribution in [2.45, 2.75) is 57.5 Å². The molecule has 2 heterocycles. The Morgan fingerprint density at radius 2 is 2.04 bits per heavy atom. The molecule has 0 unspecified atom stereocenters. The summed E-state index contributed by atoms with van der Waals surface area (Å²) < 4.78 is 7.13. The number of nitrogens with one attached hydrogen (secondary N) is 1. The van der Waals surface area contributed by atoms with Crippen molar-refractivity contribution in [1.29, 1.82) is 0 Å². The molecule has 0 saturated carbocycles. The molecule has 1 aromatic carbocycles. The number of carbonyl (C=O) groups excluding carboxylic acids is 1. The van der Waals surface area contributed by atoms with Crippen molar-refractivity contribution in [3.8, 4) is 0 Å². The lowest BCUT2D eigenvalue weighted by atomic mass is 10.0. The summed E-state index contributed by atoms with van der Waals surface area (Å²) in [5.41, 5.74) is 0.477. The van der Waals surface area contributed by atoms with Gasteiger partial charge in [-0.3, -0.25) is 19.1 Å². The summed E-state index contributed by atoms with van der Waals surface area (Å²) >= 11 is 0. The van der Waals surface area contributed by atoms with Crippen LogP contribution in [0.15, 0.2) is 46.1 Å². The lowest BCUT2D eigenvalue weighted by Crippen LogP contribution is -2.34. The highest BCUT2D eigenvalue weighted by Gasteiger charge is 2.35. The van der Waals surface area contributed by atoms with Gasteiger partial charge in [-0.15, -0.1) is 0 Å². The second-order valence-corrected chi connectivity index (χ2v) is 6.85. The molecule has 1 saturated heterocycles. The Morgan fingerprint density at radius 1 is 1.30 bits per heavy atom. The number of H-pyrrole nitrogens is 1. The number of aryl methyl sites for hydroxylation is 1. The number of aromatic amines is 1. The first kappa shape index (κ1) is 19.3. The van der Waals surface area contributed by atoms with Crippen molar-refractivity contribution in [2.75, 3.05) is 0 Å². The average molecular weight is 372 g/mol. The summed E-state index contributed by atoms with van der Waals surface area (Å²) in [5.74, 6) is 0.0786. The van der Waals surface area contributed by atoms with Gasteiger partial charge < -0.3 is 9.84 Å². The molecule has 3 rings (SSSR count). The number of carbonyl (C=O) groups is 1. The molecule has 1 aromatic heterocycles. The number of Topliss-reactive ketones (excluding diaryl/α,β-unsaturated/α-hetero) is 1. The van der Waals surface area contributed by atoms with Gasteiger partial charge in [-0.05, 0) is 18.4 Å². The topological polar surface area (TPSA) is 101 Å². The average Bonchev–Trinajstić information content (AvgIpc) is 3.01. The Morgan fingerprint density at radius 3 is 2.74 bits per heavy atom. The van der Waals surface area contributed by atoms with E-state index in [1.807, 2.05) is 37.3 Å². The van der Waals surface area contributed by atoms with Crippen LogP contribution in [0.3, 0.4) is 0 Å². The fourth-order valence-corrected chi connectivity index (χ4v) is 3.35. The van der Waals surface area contributed by atoms with E-state index < -0.39 is 29.7 Å². The van der Waals surface area contributed by atoms with E-state index >= 15 is 0 Å². The predicted molar refractivity (Wildman–Crippen MR) is 99.6 cm³/mol. The maximum absolute atomic E-state index is 12.2. The van der Waals surface area contributed by atoms with Crippen LogP contribution >= 0.6 is 0 Å². The molecule has 0 radical (unpaired) electrons. The quantitative estimate of drug-likeness (QED) is 0.764. The Labute approximate surface area is 156 Å². The zero-order valence-electron chi connectivity index (χ0n) is 15.3. The summed E-state index contributed by atoms with van der Waals surface area (Å²) in [4.78, 5) is 38.2. The molecule has 0 aliphatic carbocycles. The minimum atomic E-state index is -0.761. The highest BCUT2D eigenvalue weighted by atomic mass is 16.5. The molecule has 1 fully saturated rings. The van der Waals surface area contributed by atoms with Crippen LogP contribution in [0, 0.1) is 0 Å². The van der Waals surface area contributed by atoms with Gasteiger partial charge in [0.1, 0.15) is 12.0 Å². The van der Waals surface area contributed by atoms with Crippen molar-refractivity contribution in [3.05, 3.63) is 68.5 Å². The van der Waals surface area contributed by atoms with Crippen molar-refractivity contribution in [1.82, 2.24) is 9.55 Å². The predicted octanol–water partition coefficient (Wildman–Crippen LogP) is 1.34. The largest absolute Gasteiger partial charge is 0.390 e. The summed E-state index contributed by atoms with van der Waals surface area (Å²) in [7, 11) is 0. The van der Waals surface area contributed by atoms with Gasteiger partial charge in [-0.25, -0.2) is 4.79 Å². The second-order valence-electron chi connectivity index (χ2n) is 6.85. The summed E-state index contributed by atoms with van der Waals surface area (Å²) in [6, 6.07) is 9.50. The van der Waals surface area contributed by atoms with Crippen molar-refractivity contribution in [2.24, 2.45) is 0 Å². The highest BCUT2D eigenvalue weighted by molar-refractivity contribution is 5.80. The van der Waals surface area contributed by atoms with Crippen LogP contribution in [0.1, 0.15) is 43.5 Å². The molecule has 0 bridgehead atoms. The Bertz CT molecular complexity index is 903. The Kier molecular flexibility index (Phi) is 6.03. The van der Waals surface area contributed by atoms with Gasteiger partial charge in [0.2, 0.25) is 0 Å². The number of hydrogen-bond acceptors (Lipinski definition) is 5. The molecule has 0 spiro atoms. The fourth-order valence-electron chi connectivity index (χ4n) is 3.35. The molecule has 1 aliphatic rings. The summed E-state index contributed by atoms with van der Waals surface area (Å²) in [6.45, 7) is 1.82. The zero-order valence-corrected chi connectivity index (χ0v) is 15.3. The highest BCUT2D eigenvalue weighted by Crippen LogP contribution is 2.30. The molecule has 2 N–H and O–H groups in total. The number of aliphatic hydroxyl groups excluding tert-OH is 1. The second kappa shape index (κ2) is 8.45. The van der Waals surface area contributed by atoms with Gasteiger partial charge >= 0.3 is 5.69 Å². The number of nitrogens with zero attached hydrogens (tertiary/aromatic N) is 1. The molecule has 144 valence electrons. The number of aromatic nitrogens is 2. The van der Waals surface area contributed by atoms with E-state index in [0.29, 0.717) is 31.2 Å².